The van der Waals surface area contributed by atoms with Gasteiger partial charge in [-0.25, -0.2) is 0 Å². The second-order valence-corrected chi connectivity index (χ2v) is 6.15. The van der Waals surface area contributed by atoms with E-state index in [1.54, 1.807) is 12.1 Å². The Labute approximate surface area is 130 Å². The summed E-state index contributed by atoms with van der Waals surface area (Å²) in [5.41, 5.74) is 0. The van der Waals surface area contributed by atoms with Crippen molar-refractivity contribution in [1.29, 1.82) is 0 Å². The topological polar surface area (TPSA) is 18.5 Å². The summed E-state index contributed by atoms with van der Waals surface area (Å²) in [7, 11) is 0. The molecule has 0 bridgehead atoms. The third-order valence-corrected chi connectivity index (χ3v) is 4.98. The van der Waals surface area contributed by atoms with Crippen LogP contribution in [-0.4, -0.2) is 0 Å². The van der Waals surface area contributed by atoms with Crippen molar-refractivity contribution < 1.29 is 9.47 Å². The van der Waals surface area contributed by atoms with Crippen LogP contribution in [0.3, 0.4) is 0 Å². The fourth-order valence-electron chi connectivity index (χ4n) is 1.58. The number of halogens is 4. The molecular weight excluding hydrogens is 419 g/mol. The number of ether oxygens (including phenoxy) is 2. The standard InChI is InChI=1S/C12H4Br2Cl2O2/c13-5-1-9-10(2-6(5)14)18-12-4-8(16)7(15)3-11(12)17-9/h1-4H/i1+1,2+1,3+1,4+1,5+1,6+1,7+1,8+1,9+1,10+1,11+1,12+1. The van der Waals surface area contributed by atoms with E-state index in [2.05, 4.69) is 31.9 Å². The fraction of sp³-hybridized carbons (Fsp3) is 0. The van der Waals surface area contributed by atoms with Gasteiger partial charge in [-0.15, -0.1) is 0 Å². The summed E-state index contributed by atoms with van der Waals surface area (Å²) in [6.07, 6.45) is 0. The lowest BCUT2D eigenvalue weighted by molar-refractivity contribution is 0.359. The van der Waals surface area contributed by atoms with Gasteiger partial charge >= 0.3 is 0 Å². The number of hydrogen-bond acceptors (Lipinski definition) is 2. The highest BCUT2D eigenvalue weighted by Crippen LogP contribution is 2.49. The Morgan fingerprint density at radius 3 is 1.39 bits per heavy atom. The lowest BCUT2D eigenvalue weighted by atomic mass is 11.2. The predicted molar refractivity (Wildman–Crippen MR) is 78.5 cm³/mol. The Morgan fingerprint density at radius 1 is 0.667 bits per heavy atom. The smallest absolute Gasteiger partial charge is 0.171 e. The van der Waals surface area contributed by atoms with Gasteiger partial charge in [0.25, 0.3) is 0 Å². The summed E-state index contributed by atoms with van der Waals surface area (Å²) in [5.74, 6) is 2.34. The van der Waals surface area contributed by atoms with Crippen molar-refractivity contribution in [2.24, 2.45) is 0 Å². The minimum absolute atomic E-state index is 0.429. The number of hydrogen-bond donors (Lipinski definition) is 0. The molecule has 0 fully saturated rings. The summed E-state index contributed by atoms with van der Waals surface area (Å²) >= 11 is 18.7. The summed E-state index contributed by atoms with van der Waals surface area (Å²) in [4.78, 5) is 0. The molecule has 0 spiro atoms. The van der Waals surface area contributed by atoms with Gasteiger partial charge in [-0.1, -0.05) is 23.2 Å². The molecule has 6 heteroatoms. The molecule has 0 N–H and O–H groups in total. The van der Waals surface area contributed by atoms with Crippen LogP contribution < -0.4 is 9.47 Å². The molecule has 2 nitrogen and oxygen atoms in total. The fourth-order valence-corrected chi connectivity index (χ4v) is 2.53. The van der Waals surface area contributed by atoms with Crippen LogP contribution in [0.5, 0.6) is 23.0 Å². The second kappa shape index (κ2) is 4.60. The zero-order valence-corrected chi connectivity index (χ0v) is 13.3. The minimum Gasteiger partial charge on any atom is -0.449 e. The molecule has 2 aromatic rings. The van der Waals surface area contributed by atoms with Gasteiger partial charge in [0.1, 0.15) is 0 Å². The van der Waals surface area contributed by atoms with Gasteiger partial charge in [-0.3, -0.25) is 0 Å². The Bertz CT molecular complexity index is 548. The maximum atomic E-state index is 5.94. The van der Waals surface area contributed by atoms with Crippen LogP contribution in [-0.2, 0) is 0 Å². The van der Waals surface area contributed by atoms with Gasteiger partial charge in [0.15, 0.2) is 23.0 Å². The third kappa shape index (κ3) is 2.11. The molecular formula is C12H4Br2Cl2O2. The summed E-state index contributed by atoms with van der Waals surface area (Å²) in [5, 5.41) is 0.859. The molecule has 1 heterocycles. The number of benzene rings is 2. The Hall–Kier alpha value is -0.420. The van der Waals surface area contributed by atoms with Crippen molar-refractivity contribution in [2.45, 2.75) is 0 Å². The van der Waals surface area contributed by atoms with Gasteiger partial charge in [-0.2, -0.15) is 0 Å². The average molecular weight is 423 g/mol. The minimum atomic E-state index is 0.429. The molecule has 0 radical (unpaired) electrons. The Morgan fingerprint density at radius 2 is 1.00 bits per heavy atom. The molecule has 1 aliphatic rings. The molecule has 18 heavy (non-hydrogen) atoms. The van der Waals surface area contributed by atoms with Crippen LogP contribution in [0.2, 0.25) is 10.0 Å². The molecule has 92 valence electrons. The molecule has 0 aromatic heterocycles. The lowest BCUT2D eigenvalue weighted by Crippen LogP contribution is -1.99. The molecule has 0 saturated heterocycles. The zero-order valence-electron chi connectivity index (χ0n) is 8.64. The van der Waals surface area contributed by atoms with Crippen molar-refractivity contribution in [3.05, 3.63) is 43.3 Å². The van der Waals surface area contributed by atoms with Crippen molar-refractivity contribution >= 4 is 55.1 Å². The van der Waals surface area contributed by atoms with Crippen molar-refractivity contribution in [3.8, 4) is 23.0 Å². The van der Waals surface area contributed by atoms with E-state index in [-0.39, 0.29) is 0 Å². The Balaban J connectivity index is 2.12. The third-order valence-electron chi connectivity index (χ3n) is 2.41. The molecule has 3 rings (SSSR count). The van der Waals surface area contributed by atoms with E-state index in [1.807, 2.05) is 12.1 Å². The molecule has 2 aromatic carbocycles. The van der Waals surface area contributed by atoms with Gasteiger partial charge < -0.3 is 9.47 Å². The summed E-state index contributed by atoms with van der Waals surface area (Å²) in [6, 6.07) is 6.92. The van der Waals surface area contributed by atoms with Crippen LogP contribution in [0.25, 0.3) is 0 Å². The molecule has 0 atom stereocenters. The van der Waals surface area contributed by atoms with Crippen molar-refractivity contribution in [2.75, 3.05) is 0 Å². The average Bonchev–Trinajstić information content (AvgIpc) is 2.31. The van der Waals surface area contributed by atoms with E-state index >= 15 is 0 Å². The SMILES string of the molecule is Cl[13c]1[13cH][13c]2[13c]([13cH][13c]1Cl)O[13c]1[13cH][13c](Br)[13c](Br)[13cH][13c]1O2. The van der Waals surface area contributed by atoms with Gasteiger partial charge in [0.2, 0.25) is 0 Å². The molecule has 0 amide bonds. The Kier molecular flexibility index (Phi) is 3.22. The quantitative estimate of drug-likeness (QED) is 0.416. The molecule has 0 aliphatic carbocycles. The van der Waals surface area contributed by atoms with E-state index in [0.717, 1.165) is 8.95 Å². The molecule has 0 unspecified atom stereocenters. The summed E-state index contributed by atoms with van der Waals surface area (Å²) in [6.45, 7) is 0. The highest BCUT2D eigenvalue weighted by Gasteiger charge is 2.21. The normalized spacial score (nSPS) is 12.2. The van der Waals surface area contributed by atoms with Gasteiger partial charge in [0.05, 0.1) is 10.0 Å². The zero-order chi connectivity index (χ0) is 12.9. The largest absolute Gasteiger partial charge is 0.449 e. The maximum Gasteiger partial charge on any atom is 0.171 e. The highest BCUT2D eigenvalue weighted by molar-refractivity contribution is 9.13. The van der Waals surface area contributed by atoms with E-state index in [9.17, 15) is 0 Å². The number of fused-ring (bicyclic) bond motifs is 2. The van der Waals surface area contributed by atoms with Gasteiger partial charge in [-0.05, 0) is 31.9 Å². The molecule has 0 saturated carbocycles. The lowest BCUT2D eigenvalue weighted by Gasteiger charge is -2.21. The van der Waals surface area contributed by atoms with Gasteiger partial charge in [0, 0.05) is 33.2 Å². The van der Waals surface area contributed by atoms with Crippen molar-refractivity contribution in [3.63, 3.8) is 0 Å². The highest BCUT2D eigenvalue weighted by atomic mass is 79.9. The van der Waals surface area contributed by atoms with E-state index in [0.29, 0.717) is 33.0 Å². The van der Waals surface area contributed by atoms with Crippen molar-refractivity contribution in [1.82, 2.24) is 0 Å². The van der Waals surface area contributed by atoms with Crippen LogP contribution in [0.4, 0.5) is 0 Å². The first-order chi connectivity index (χ1) is 8.54. The summed E-state index contributed by atoms with van der Waals surface area (Å²) < 4.78 is 13.2. The van der Waals surface area contributed by atoms with E-state index in [1.165, 1.54) is 0 Å². The van der Waals surface area contributed by atoms with Crippen LogP contribution in [0, 0.1) is 0 Å². The first-order valence-electron chi connectivity index (χ1n) is 4.88. The van der Waals surface area contributed by atoms with E-state index < -0.39 is 0 Å². The molecule has 1 aliphatic heterocycles. The van der Waals surface area contributed by atoms with Crippen LogP contribution in [0.15, 0.2) is 33.2 Å². The first kappa shape index (κ1) is 12.6. The maximum absolute atomic E-state index is 5.94. The number of rotatable bonds is 0. The van der Waals surface area contributed by atoms with Crippen LogP contribution in [0.1, 0.15) is 0 Å². The van der Waals surface area contributed by atoms with E-state index in [4.69, 9.17) is 32.7 Å². The monoisotopic (exact) mass is 420 g/mol. The first-order valence-corrected chi connectivity index (χ1v) is 7.22. The van der Waals surface area contributed by atoms with Crippen LogP contribution >= 0.6 is 55.1 Å². The predicted octanol–water partition coefficient (Wildman–Crippen LogP) is 6.42. The second-order valence-electron chi connectivity index (χ2n) is 3.63.